The zero-order valence-corrected chi connectivity index (χ0v) is 34.5. The Bertz CT molecular complexity index is 813. The van der Waals surface area contributed by atoms with Crippen molar-refractivity contribution in [2.45, 2.75) is 244 Å². The van der Waals surface area contributed by atoms with Crippen LogP contribution in [0.5, 0.6) is 0 Å². The Labute approximate surface area is 322 Å². The molecule has 0 aromatic heterocycles. The van der Waals surface area contributed by atoms with Gasteiger partial charge in [-0.15, -0.1) is 0 Å². The average molecular weight is 734 g/mol. The van der Waals surface area contributed by atoms with Gasteiger partial charge < -0.3 is 20.3 Å². The van der Waals surface area contributed by atoms with Crippen LogP contribution in [-0.4, -0.2) is 47.4 Å². The number of hydrogen-bond acceptors (Lipinski definition) is 5. The number of rotatable bonds is 41. The van der Waals surface area contributed by atoms with Gasteiger partial charge in [-0.3, -0.25) is 9.59 Å². The second-order valence-electron chi connectivity index (χ2n) is 15.4. The van der Waals surface area contributed by atoms with Crippen LogP contribution >= 0.6 is 0 Å². The second kappa shape index (κ2) is 42.1. The van der Waals surface area contributed by atoms with E-state index in [0.717, 1.165) is 70.6 Å². The predicted octanol–water partition coefficient (Wildman–Crippen LogP) is 12.8. The summed E-state index contributed by atoms with van der Waals surface area (Å²) in [6.07, 6.45) is 47.5. The van der Waals surface area contributed by atoms with Crippen molar-refractivity contribution >= 4 is 11.9 Å². The molecule has 0 aliphatic heterocycles. The number of carbonyl (C=O) groups excluding carboxylic acids is 2. The highest BCUT2D eigenvalue weighted by Gasteiger charge is 2.17. The van der Waals surface area contributed by atoms with Gasteiger partial charge in [0, 0.05) is 12.8 Å². The molecule has 6 nitrogen and oxygen atoms in total. The highest BCUT2D eigenvalue weighted by atomic mass is 16.5. The Balaban J connectivity index is 3.53. The fraction of sp³-hybridized carbons (Fsp3) is 0.870. The van der Waals surface area contributed by atoms with Gasteiger partial charge in [-0.25, -0.2) is 0 Å². The number of unbranched alkanes of at least 4 members (excludes halogenated alkanes) is 28. The number of ether oxygens (including phenoxy) is 1. The number of esters is 1. The van der Waals surface area contributed by atoms with E-state index in [9.17, 15) is 19.8 Å². The summed E-state index contributed by atoms with van der Waals surface area (Å²) in [6.45, 7) is 4.77. The van der Waals surface area contributed by atoms with E-state index in [1.165, 1.54) is 135 Å². The first-order chi connectivity index (χ1) is 25.5. The molecular formula is C46H87NO5. The lowest BCUT2D eigenvalue weighted by Gasteiger charge is -2.19. The lowest BCUT2D eigenvalue weighted by Crippen LogP contribution is -2.45. The molecule has 0 aromatic rings. The standard InChI is InChI=1S/C46H87NO5/c1-3-5-7-9-11-13-14-15-16-17-18-19-20-24-28-32-36-40-46(51)52-41-37-33-29-25-21-23-27-31-35-39-45(50)47-43(42-48)44(49)38-34-30-26-22-12-10-8-6-4-2/h23,27,34,38,43-44,48-49H,3-22,24-26,28-33,35-37,39-42H2,1-2H3,(H,47,50)/b27-23-,38-34+. The first-order valence-corrected chi connectivity index (χ1v) is 22.6. The van der Waals surface area contributed by atoms with E-state index in [1.807, 2.05) is 6.08 Å². The average Bonchev–Trinajstić information content (AvgIpc) is 3.14. The van der Waals surface area contributed by atoms with Crippen LogP contribution in [0.2, 0.25) is 0 Å². The van der Waals surface area contributed by atoms with Gasteiger partial charge in [-0.1, -0.05) is 192 Å². The maximum absolute atomic E-state index is 12.3. The lowest BCUT2D eigenvalue weighted by atomic mass is 10.0. The highest BCUT2D eigenvalue weighted by molar-refractivity contribution is 5.76. The van der Waals surface area contributed by atoms with Crippen LogP contribution in [0.4, 0.5) is 0 Å². The smallest absolute Gasteiger partial charge is 0.305 e. The topological polar surface area (TPSA) is 95.9 Å². The number of aliphatic hydroxyl groups is 2. The molecule has 0 bridgehead atoms. The minimum absolute atomic E-state index is 0.0356. The first-order valence-electron chi connectivity index (χ1n) is 22.6. The van der Waals surface area contributed by atoms with Gasteiger partial charge >= 0.3 is 5.97 Å². The van der Waals surface area contributed by atoms with Crippen molar-refractivity contribution in [3.05, 3.63) is 24.3 Å². The number of aliphatic hydroxyl groups excluding tert-OH is 2. The number of nitrogens with one attached hydrogen (secondary N) is 1. The molecule has 2 unspecified atom stereocenters. The van der Waals surface area contributed by atoms with Crippen LogP contribution < -0.4 is 5.32 Å². The summed E-state index contributed by atoms with van der Waals surface area (Å²) in [6, 6.07) is -0.662. The summed E-state index contributed by atoms with van der Waals surface area (Å²) in [5, 5.41) is 22.8. The first kappa shape index (κ1) is 50.3. The number of carbonyl (C=O) groups is 2. The summed E-state index contributed by atoms with van der Waals surface area (Å²) < 4.78 is 5.43. The Kier molecular flexibility index (Phi) is 40.7. The van der Waals surface area contributed by atoms with Crippen LogP contribution in [0, 0.1) is 0 Å². The molecular weight excluding hydrogens is 647 g/mol. The second-order valence-corrected chi connectivity index (χ2v) is 15.4. The molecule has 0 rings (SSSR count). The molecule has 0 aromatic carbocycles. The van der Waals surface area contributed by atoms with Crippen molar-refractivity contribution in [3.63, 3.8) is 0 Å². The van der Waals surface area contributed by atoms with E-state index in [-0.39, 0.29) is 18.5 Å². The molecule has 0 aliphatic rings. The van der Waals surface area contributed by atoms with Crippen LogP contribution in [0.25, 0.3) is 0 Å². The van der Waals surface area contributed by atoms with Gasteiger partial charge in [0.15, 0.2) is 0 Å². The van der Waals surface area contributed by atoms with E-state index in [0.29, 0.717) is 19.4 Å². The molecule has 0 saturated carbocycles. The van der Waals surface area contributed by atoms with Gasteiger partial charge in [-0.05, 0) is 51.4 Å². The van der Waals surface area contributed by atoms with Crippen molar-refractivity contribution in [2.75, 3.05) is 13.2 Å². The third-order valence-corrected chi connectivity index (χ3v) is 10.2. The van der Waals surface area contributed by atoms with Crippen molar-refractivity contribution in [1.82, 2.24) is 5.32 Å². The zero-order valence-electron chi connectivity index (χ0n) is 34.5. The molecule has 0 radical (unpaired) electrons. The van der Waals surface area contributed by atoms with Crippen molar-refractivity contribution in [1.29, 1.82) is 0 Å². The van der Waals surface area contributed by atoms with E-state index in [2.05, 4.69) is 31.3 Å². The van der Waals surface area contributed by atoms with E-state index in [1.54, 1.807) is 6.08 Å². The predicted molar refractivity (Wildman–Crippen MR) is 223 cm³/mol. The molecule has 2 atom stereocenters. The molecule has 0 fully saturated rings. The van der Waals surface area contributed by atoms with Gasteiger partial charge in [0.1, 0.15) is 0 Å². The third-order valence-electron chi connectivity index (χ3n) is 10.2. The number of amides is 1. The molecule has 0 heterocycles. The van der Waals surface area contributed by atoms with Crippen LogP contribution in [-0.2, 0) is 14.3 Å². The molecule has 3 N–H and O–H groups in total. The largest absolute Gasteiger partial charge is 0.466 e. The third kappa shape index (κ3) is 38.1. The fourth-order valence-corrected chi connectivity index (χ4v) is 6.69. The van der Waals surface area contributed by atoms with E-state index in [4.69, 9.17) is 4.74 Å². The highest BCUT2D eigenvalue weighted by Crippen LogP contribution is 2.15. The minimum Gasteiger partial charge on any atom is -0.466 e. The molecule has 306 valence electrons. The van der Waals surface area contributed by atoms with Crippen molar-refractivity contribution < 1.29 is 24.5 Å². The Morgan fingerprint density at radius 3 is 1.40 bits per heavy atom. The van der Waals surface area contributed by atoms with Crippen molar-refractivity contribution in [3.8, 4) is 0 Å². The summed E-state index contributed by atoms with van der Waals surface area (Å²) in [4.78, 5) is 24.3. The normalized spacial score (nSPS) is 12.9. The number of hydrogen-bond donors (Lipinski definition) is 3. The Morgan fingerprint density at radius 2 is 0.923 bits per heavy atom. The van der Waals surface area contributed by atoms with Gasteiger partial charge in [-0.2, -0.15) is 0 Å². The molecule has 6 heteroatoms. The minimum atomic E-state index is -0.871. The molecule has 0 spiro atoms. The fourth-order valence-electron chi connectivity index (χ4n) is 6.69. The van der Waals surface area contributed by atoms with E-state index >= 15 is 0 Å². The molecule has 0 saturated heterocycles. The Hall–Kier alpha value is -1.66. The summed E-state index contributed by atoms with van der Waals surface area (Å²) in [5.74, 6) is -0.167. The quantitative estimate of drug-likeness (QED) is 0.0330. The van der Waals surface area contributed by atoms with Gasteiger partial charge in [0.2, 0.25) is 5.91 Å². The van der Waals surface area contributed by atoms with Crippen LogP contribution in [0.3, 0.4) is 0 Å². The van der Waals surface area contributed by atoms with Crippen molar-refractivity contribution in [2.24, 2.45) is 0 Å². The van der Waals surface area contributed by atoms with Gasteiger partial charge in [0.05, 0.1) is 25.4 Å². The van der Waals surface area contributed by atoms with Crippen LogP contribution in [0.1, 0.15) is 232 Å². The molecule has 52 heavy (non-hydrogen) atoms. The lowest BCUT2D eigenvalue weighted by molar-refractivity contribution is -0.143. The number of allylic oxidation sites excluding steroid dienone is 3. The van der Waals surface area contributed by atoms with E-state index < -0.39 is 12.1 Å². The zero-order chi connectivity index (χ0) is 38.0. The Morgan fingerprint density at radius 1 is 0.519 bits per heavy atom. The molecule has 1 amide bonds. The monoisotopic (exact) mass is 734 g/mol. The maximum Gasteiger partial charge on any atom is 0.305 e. The summed E-state index contributed by atoms with van der Waals surface area (Å²) >= 11 is 0. The maximum atomic E-state index is 12.3. The molecule has 0 aliphatic carbocycles. The summed E-state index contributed by atoms with van der Waals surface area (Å²) in [5.41, 5.74) is 0. The van der Waals surface area contributed by atoms with Gasteiger partial charge in [0.25, 0.3) is 0 Å². The summed E-state index contributed by atoms with van der Waals surface area (Å²) in [7, 11) is 0. The SMILES string of the molecule is CCCCCCCCC/C=C/C(O)C(CO)NC(=O)CCC/C=C\CCCCCCOC(=O)CCCCCCCCCCCCCCCCCCC. The van der Waals surface area contributed by atoms with Crippen LogP contribution in [0.15, 0.2) is 24.3 Å².